The van der Waals surface area contributed by atoms with E-state index in [0.717, 1.165) is 21.7 Å². The molecular weight excluding hydrogens is 242 g/mol. The van der Waals surface area contributed by atoms with Crippen LogP contribution >= 0.6 is 0 Å². The van der Waals surface area contributed by atoms with Gasteiger partial charge in [0, 0.05) is 29.2 Å². The lowest BCUT2D eigenvalue weighted by Crippen LogP contribution is -1.94. The summed E-state index contributed by atoms with van der Waals surface area (Å²) in [6.45, 7) is 0. The van der Waals surface area contributed by atoms with Gasteiger partial charge in [0.15, 0.2) is 11.5 Å². The van der Waals surface area contributed by atoms with Crippen molar-refractivity contribution in [3.05, 3.63) is 30.6 Å². The van der Waals surface area contributed by atoms with Gasteiger partial charge >= 0.3 is 0 Å². The Morgan fingerprint density at radius 3 is 2.42 bits per heavy atom. The average molecular weight is 255 g/mol. The number of methoxy groups -OCH3 is 2. The molecule has 0 atom stereocenters. The second-order valence-corrected chi connectivity index (χ2v) is 4.14. The van der Waals surface area contributed by atoms with Crippen molar-refractivity contribution in [3.63, 3.8) is 0 Å². The molecule has 1 aromatic carbocycles. The smallest absolute Gasteiger partial charge is 0.162 e. The second-order valence-electron chi connectivity index (χ2n) is 4.14. The Kier molecular flexibility index (Phi) is 2.59. The monoisotopic (exact) mass is 255 g/mol. The molecular formula is C14H13N3O2. The number of benzene rings is 1. The molecule has 19 heavy (non-hydrogen) atoms. The van der Waals surface area contributed by atoms with E-state index in [4.69, 9.17) is 15.2 Å². The van der Waals surface area contributed by atoms with Gasteiger partial charge < -0.3 is 15.2 Å². The van der Waals surface area contributed by atoms with E-state index >= 15 is 0 Å². The van der Waals surface area contributed by atoms with Crippen molar-refractivity contribution in [3.8, 4) is 11.5 Å². The van der Waals surface area contributed by atoms with Crippen LogP contribution in [0.15, 0.2) is 30.6 Å². The number of fused-ring (bicyclic) bond motifs is 3. The van der Waals surface area contributed by atoms with E-state index in [2.05, 4.69) is 9.97 Å². The summed E-state index contributed by atoms with van der Waals surface area (Å²) in [6.07, 6.45) is 3.42. The molecule has 0 unspecified atom stereocenters. The van der Waals surface area contributed by atoms with E-state index in [1.165, 1.54) is 0 Å². The standard InChI is InChI=1S/C14H13N3O2/c1-18-12-5-9-8-3-4-16-14(15)10(8)7-17-11(9)6-13(12)19-2/h3-7H,1-2H3,(H2,15,16). The Balaban J connectivity index is 2.45. The van der Waals surface area contributed by atoms with Gasteiger partial charge in [-0.3, -0.25) is 4.98 Å². The largest absolute Gasteiger partial charge is 0.493 e. The molecule has 3 aromatic rings. The summed E-state index contributed by atoms with van der Waals surface area (Å²) >= 11 is 0. The van der Waals surface area contributed by atoms with Gasteiger partial charge in [-0.1, -0.05) is 0 Å². The van der Waals surface area contributed by atoms with Crippen molar-refractivity contribution in [1.29, 1.82) is 0 Å². The summed E-state index contributed by atoms with van der Waals surface area (Å²) in [7, 11) is 3.21. The average Bonchev–Trinajstić information content (AvgIpc) is 2.45. The summed E-state index contributed by atoms with van der Waals surface area (Å²) in [5.74, 6) is 1.80. The van der Waals surface area contributed by atoms with Crippen LogP contribution in [0.4, 0.5) is 5.82 Å². The van der Waals surface area contributed by atoms with E-state index in [9.17, 15) is 0 Å². The first-order valence-corrected chi connectivity index (χ1v) is 5.79. The lowest BCUT2D eigenvalue weighted by molar-refractivity contribution is 0.356. The van der Waals surface area contributed by atoms with Gasteiger partial charge in [-0.25, -0.2) is 4.98 Å². The summed E-state index contributed by atoms with van der Waals surface area (Å²) < 4.78 is 10.6. The molecule has 0 amide bonds. The minimum atomic E-state index is 0.474. The molecule has 2 heterocycles. The molecule has 0 saturated heterocycles. The van der Waals surface area contributed by atoms with Crippen molar-refractivity contribution in [2.45, 2.75) is 0 Å². The second kappa shape index (κ2) is 4.28. The van der Waals surface area contributed by atoms with E-state index in [0.29, 0.717) is 17.3 Å². The van der Waals surface area contributed by atoms with Crippen LogP contribution in [0.1, 0.15) is 0 Å². The first-order chi connectivity index (χ1) is 9.24. The Labute approximate surface area is 110 Å². The van der Waals surface area contributed by atoms with Crippen LogP contribution in [0.25, 0.3) is 21.7 Å². The molecule has 0 aliphatic carbocycles. The predicted octanol–water partition coefficient (Wildman–Crippen LogP) is 2.38. The van der Waals surface area contributed by atoms with Crippen LogP contribution in [0.2, 0.25) is 0 Å². The summed E-state index contributed by atoms with van der Waals surface area (Å²) in [5.41, 5.74) is 6.70. The molecule has 2 aromatic heterocycles. The summed E-state index contributed by atoms with van der Waals surface area (Å²) in [4.78, 5) is 8.47. The molecule has 5 nitrogen and oxygen atoms in total. The molecule has 0 fully saturated rings. The van der Waals surface area contributed by atoms with Crippen LogP contribution in [0.3, 0.4) is 0 Å². The van der Waals surface area contributed by atoms with Crippen LogP contribution in [0, 0.1) is 0 Å². The van der Waals surface area contributed by atoms with Crippen molar-refractivity contribution < 1.29 is 9.47 Å². The Bertz CT molecular complexity index is 771. The predicted molar refractivity (Wildman–Crippen MR) is 74.6 cm³/mol. The number of hydrogen-bond acceptors (Lipinski definition) is 5. The molecule has 5 heteroatoms. The highest BCUT2D eigenvalue weighted by atomic mass is 16.5. The maximum atomic E-state index is 5.87. The van der Waals surface area contributed by atoms with Gasteiger partial charge in [-0.15, -0.1) is 0 Å². The maximum absolute atomic E-state index is 5.87. The zero-order valence-corrected chi connectivity index (χ0v) is 10.7. The molecule has 0 aliphatic heterocycles. The summed E-state index contributed by atoms with van der Waals surface area (Å²) in [6, 6.07) is 5.68. The van der Waals surface area contributed by atoms with Crippen molar-refractivity contribution >= 4 is 27.5 Å². The fraction of sp³-hybridized carbons (Fsp3) is 0.143. The van der Waals surface area contributed by atoms with Crippen LogP contribution in [-0.2, 0) is 0 Å². The Morgan fingerprint density at radius 2 is 1.68 bits per heavy atom. The topological polar surface area (TPSA) is 70.3 Å². The molecule has 0 bridgehead atoms. The number of nitrogen functional groups attached to an aromatic ring is 1. The number of pyridine rings is 2. The molecule has 2 N–H and O–H groups in total. The van der Waals surface area contributed by atoms with E-state index in [1.807, 2.05) is 18.2 Å². The maximum Gasteiger partial charge on any atom is 0.162 e. The lowest BCUT2D eigenvalue weighted by Gasteiger charge is -2.10. The lowest BCUT2D eigenvalue weighted by atomic mass is 10.1. The van der Waals surface area contributed by atoms with Gasteiger partial charge in [0.25, 0.3) is 0 Å². The zero-order valence-electron chi connectivity index (χ0n) is 10.7. The van der Waals surface area contributed by atoms with Crippen molar-refractivity contribution in [2.24, 2.45) is 0 Å². The Hall–Kier alpha value is -2.56. The third-order valence-electron chi connectivity index (χ3n) is 3.15. The number of nitrogens with zero attached hydrogens (tertiary/aromatic N) is 2. The summed E-state index contributed by atoms with van der Waals surface area (Å²) in [5, 5.41) is 2.80. The number of hydrogen-bond donors (Lipinski definition) is 1. The molecule has 0 spiro atoms. The van der Waals surface area contributed by atoms with E-state index < -0.39 is 0 Å². The van der Waals surface area contributed by atoms with E-state index in [1.54, 1.807) is 26.6 Å². The molecule has 96 valence electrons. The molecule has 0 saturated carbocycles. The minimum Gasteiger partial charge on any atom is -0.493 e. The highest BCUT2D eigenvalue weighted by Crippen LogP contribution is 2.35. The molecule has 0 aliphatic rings. The molecule has 0 radical (unpaired) electrons. The van der Waals surface area contributed by atoms with Crippen molar-refractivity contribution in [2.75, 3.05) is 20.0 Å². The van der Waals surface area contributed by atoms with Gasteiger partial charge in [0.1, 0.15) is 5.82 Å². The van der Waals surface area contributed by atoms with Crippen LogP contribution in [-0.4, -0.2) is 24.2 Å². The normalized spacial score (nSPS) is 10.8. The first-order valence-electron chi connectivity index (χ1n) is 5.79. The van der Waals surface area contributed by atoms with Gasteiger partial charge in [0.05, 0.1) is 19.7 Å². The number of aromatic nitrogens is 2. The fourth-order valence-corrected chi connectivity index (χ4v) is 2.18. The highest BCUT2D eigenvalue weighted by Gasteiger charge is 2.10. The number of anilines is 1. The zero-order chi connectivity index (χ0) is 13.4. The first kappa shape index (κ1) is 11.5. The molecule has 3 rings (SSSR count). The SMILES string of the molecule is COc1cc2ncc3c(N)nccc3c2cc1OC. The highest BCUT2D eigenvalue weighted by molar-refractivity contribution is 6.09. The third kappa shape index (κ3) is 1.71. The minimum absolute atomic E-state index is 0.474. The fourth-order valence-electron chi connectivity index (χ4n) is 2.18. The van der Waals surface area contributed by atoms with Gasteiger partial charge in [0.2, 0.25) is 0 Å². The van der Waals surface area contributed by atoms with E-state index in [-0.39, 0.29) is 0 Å². The van der Waals surface area contributed by atoms with Crippen molar-refractivity contribution in [1.82, 2.24) is 9.97 Å². The van der Waals surface area contributed by atoms with Crippen LogP contribution < -0.4 is 15.2 Å². The number of nitrogens with two attached hydrogens (primary N) is 1. The number of rotatable bonds is 2. The number of ether oxygens (including phenoxy) is 2. The Morgan fingerprint density at radius 1 is 0.947 bits per heavy atom. The van der Waals surface area contributed by atoms with Gasteiger partial charge in [-0.2, -0.15) is 0 Å². The van der Waals surface area contributed by atoms with Crippen LogP contribution in [0.5, 0.6) is 11.5 Å². The third-order valence-corrected chi connectivity index (χ3v) is 3.15. The quantitative estimate of drug-likeness (QED) is 0.712. The van der Waals surface area contributed by atoms with Gasteiger partial charge in [-0.05, 0) is 17.5 Å².